The fraction of sp³-hybridized carbons (Fsp3) is 0.308. The maximum absolute atomic E-state index is 12.0. The summed E-state index contributed by atoms with van der Waals surface area (Å²) < 4.78 is 5.13. The van der Waals surface area contributed by atoms with Gasteiger partial charge in [-0.05, 0) is 17.5 Å². The van der Waals surface area contributed by atoms with Gasteiger partial charge in [-0.15, -0.1) is 6.58 Å². The Morgan fingerprint density at radius 3 is 3.00 bits per heavy atom. The molecule has 0 bridgehead atoms. The van der Waals surface area contributed by atoms with E-state index in [-0.39, 0.29) is 11.9 Å². The Balaban J connectivity index is 2.48. The van der Waals surface area contributed by atoms with Gasteiger partial charge < -0.3 is 4.74 Å². The lowest BCUT2D eigenvalue weighted by molar-refractivity contribution is 0.0646. The number of benzene rings is 1. The largest absolute Gasteiger partial charge is 0.373 e. The minimum atomic E-state index is -0.369. The summed E-state index contributed by atoms with van der Waals surface area (Å²) in [6, 6.07) is 3.91. The van der Waals surface area contributed by atoms with Gasteiger partial charge in [0.25, 0.3) is 0 Å². The smallest absolute Gasteiger partial charge is 0.193 e. The van der Waals surface area contributed by atoms with E-state index in [0.717, 1.165) is 11.1 Å². The predicted molar refractivity (Wildman–Crippen MR) is 64.2 cm³/mol. The van der Waals surface area contributed by atoms with E-state index in [1.54, 1.807) is 13.2 Å². The molecule has 84 valence electrons. The van der Waals surface area contributed by atoms with Gasteiger partial charge in [0.05, 0.1) is 5.02 Å². The molecular formula is C13H13ClO2. The zero-order valence-corrected chi connectivity index (χ0v) is 9.88. The molecule has 1 aromatic carbocycles. The summed E-state index contributed by atoms with van der Waals surface area (Å²) in [5.74, 6) is -0.00610. The molecule has 16 heavy (non-hydrogen) atoms. The maximum atomic E-state index is 12.0. The number of hydrogen-bond donors (Lipinski definition) is 0. The highest BCUT2D eigenvalue weighted by atomic mass is 35.5. The molecule has 1 aliphatic rings. The first-order valence-corrected chi connectivity index (χ1v) is 5.55. The highest BCUT2D eigenvalue weighted by molar-refractivity contribution is 6.35. The van der Waals surface area contributed by atoms with E-state index in [0.29, 0.717) is 23.4 Å². The lowest BCUT2D eigenvalue weighted by atomic mass is 10.0. The monoisotopic (exact) mass is 236 g/mol. The van der Waals surface area contributed by atoms with Crippen LogP contribution in [0.2, 0.25) is 5.02 Å². The van der Waals surface area contributed by atoms with Crippen molar-refractivity contribution in [2.75, 3.05) is 7.11 Å². The molecule has 0 saturated heterocycles. The molecule has 1 unspecified atom stereocenters. The molecule has 0 aliphatic heterocycles. The van der Waals surface area contributed by atoms with E-state index in [1.165, 1.54) is 0 Å². The standard InChI is InChI=1S/C13H13ClO2/c1-3-4-8-5-6-9-7-10(16-2)13(15)11(9)12(8)14/h3,5-6,10H,1,4,7H2,2H3. The first-order valence-electron chi connectivity index (χ1n) is 5.17. The van der Waals surface area contributed by atoms with Gasteiger partial charge in [0, 0.05) is 19.1 Å². The summed E-state index contributed by atoms with van der Waals surface area (Å²) in [7, 11) is 1.55. The van der Waals surface area contributed by atoms with E-state index < -0.39 is 0 Å². The second-order valence-electron chi connectivity index (χ2n) is 3.86. The number of ether oxygens (including phenoxy) is 1. The van der Waals surface area contributed by atoms with E-state index in [1.807, 2.05) is 12.1 Å². The number of methoxy groups -OCH3 is 1. The lowest BCUT2D eigenvalue weighted by Gasteiger charge is -2.06. The van der Waals surface area contributed by atoms with E-state index in [9.17, 15) is 4.79 Å². The average molecular weight is 237 g/mol. The van der Waals surface area contributed by atoms with Crippen molar-refractivity contribution in [1.29, 1.82) is 0 Å². The summed E-state index contributed by atoms with van der Waals surface area (Å²) in [6.45, 7) is 3.67. The number of rotatable bonds is 3. The van der Waals surface area contributed by atoms with Gasteiger partial charge in [0.15, 0.2) is 5.78 Å². The molecular weight excluding hydrogens is 224 g/mol. The highest BCUT2D eigenvalue weighted by Gasteiger charge is 2.33. The Bertz CT molecular complexity index is 451. The normalized spacial score (nSPS) is 18.6. The highest BCUT2D eigenvalue weighted by Crippen LogP contribution is 2.33. The number of hydrogen-bond acceptors (Lipinski definition) is 2. The van der Waals surface area contributed by atoms with Gasteiger partial charge in [-0.1, -0.05) is 29.8 Å². The van der Waals surface area contributed by atoms with Gasteiger partial charge in [-0.3, -0.25) is 4.79 Å². The van der Waals surface area contributed by atoms with Gasteiger partial charge in [-0.2, -0.15) is 0 Å². The molecule has 2 nitrogen and oxygen atoms in total. The van der Waals surface area contributed by atoms with Crippen molar-refractivity contribution in [2.24, 2.45) is 0 Å². The van der Waals surface area contributed by atoms with Crippen LogP contribution in [0.1, 0.15) is 21.5 Å². The Kier molecular flexibility index (Phi) is 3.13. The number of halogens is 1. The van der Waals surface area contributed by atoms with Gasteiger partial charge in [0.2, 0.25) is 0 Å². The predicted octanol–water partition coefficient (Wildman–Crippen LogP) is 2.82. The van der Waals surface area contributed by atoms with Crippen LogP contribution in [-0.4, -0.2) is 19.0 Å². The van der Waals surface area contributed by atoms with Crippen LogP contribution >= 0.6 is 11.6 Å². The van der Waals surface area contributed by atoms with Crippen LogP contribution in [0, 0.1) is 0 Å². The number of Topliss-reactive ketones (excluding diaryl/α,β-unsaturated/α-hetero) is 1. The topological polar surface area (TPSA) is 26.3 Å². The first-order chi connectivity index (χ1) is 7.69. The second kappa shape index (κ2) is 4.40. The Morgan fingerprint density at radius 2 is 2.38 bits per heavy atom. The minimum absolute atomic E-state index is 0.00610. The van der Waals surface area contributed by atoms with Crippen LogP contribution in [0.25, 0.3) is 0 Å². The molecule has 0 aromatic heterocycles. The summed E-state index contributed by atoms with van der Waals surface area (Å²) in [5, 5.41) is 0.557. The number of carbonyl (C=O) groups excluding carboxylic acids is 1. The Morgan fingerprint density at radius 1 is 1.62 bits per heavy atom. The molecule has 2 rings (SSSR count). The molecule has 1 aromatic rings. The molecule has 3 heteroatoms. The van der Waals surface area contributed by atoms with Crippen molar-refractivity contribution in [3.05, 3.63) is 46.5 Å². The van der Waals surface area contributed by atoms with Crippen LogP contribution in [0.4, 0.5) is 0 Å². The third-order valence-corrected chi connectivity index (χ3v) is 3.33. The fourth-order valence-electron chi connectivity index (χ4n) is 2.05. The van der Waals surface area contributed by atoms with Crippen LogP contribution in [0.15, 0.2) is 24.8 Å². The quantitative estimate of drug-likeness (QED) is 0.755. The average Bonchev–Trinajstić information content (AvgIpc) is 2.60. The molecule has 0 heterocycles. The molecule has 1 aliphatic carbocycles. The number of allylic oxidation sites excluding steroid dienone is 1. The summed E-state index contributed by atoms with van der Waals surface area (Å²) in [4.78, 5) is 12.0. The van der Waals surface area contributed by atoms with E-state index in [2.05, 4.69) is 6.58 Å². The van der Waals surface area contributed by atoms with Crippen molar-refractivity contribution in [1.82, 2.24) is 0 Å². The van der Waals surface area contributed by atoms with Crippen molar-refractivity contribution >= 4 is 17.4 Å². The van der Waals surface area contributed by atoms with Crippen LogP contribution < -0.4 is 0 Å². The van der Waals surface area contributed by atoms with Crippen LogP contribution in [0.3, 0.4) is 0 Å². The van der Waals surface area contributed by atoms with Gasteiger partial charge in [-0.25, -0.2) is 0 Å². The number of ketones is 1. The Labute approximate surface area is 99.9 Å². The third kappa shape index (κ3) is 1.68. The molecule has 0 N–H and O–H groups in total. The molecule has 0 amide bonds. The van der Waals surface area contributed by atoms with Gasteiger partial charge >= 0.3 is 0 Å². The molecule has 0 fully saturated rings. The van der Waals surface area contributed by atoms with E-state index >= 15 is 0 Å². The summed E-state index contributed by atoms with van der Waals surface area (Å²) in [5.41, 5.74) is 2.56. The third-order valence-electron chi connectivity index (χ3n) is 2.90. The fourth-order valence-corrected chi connectivity index (χ4v) is 2.41. The first kappa shape index (κ1) is 11.4. The zero-order valence-electron chi connectivity index (χ0n) is 9.13. The van der Waals surface area contributed by atoms with Crippen molar-refractivity contribution in [3.8, 4) is 0 Å². The van der Waals surface area contributed by atoms with Crippen molar-refractivity contribution in [2.45, 2.75) is 18.9 Å². The van der Waals surface area contributed by atoms with Crippen LogP contribution in [0.5, 0.6) is 0 Å². The molecule has 0 radical (unpaired) electrons. The van der Waals surface area contributed by atoms with Crippen molar-refractivity contribution in [3.63, 3.8) is 0 Å². The van der Waals surface area contributed by atoms with E-state index in [4.69, 9.17) is 16.3 Å². The molecule has 1 atom stereocenters. The van der Waals surface area contributed by atoms with Gasteiger partial charge in [0.1, 0.15) is 6.10 Å². The van der Waals surface area contributed by atoms with Crippen molar-refractivity contribution < 1.29 is 9.53 Å². The maximum Gasteiger partial charge on any atom is 0.193 e. The Hall–Kier alpha value is -1.12. The SMILES string of the molecule is C=CCc1ccc2c(c1Cl)C(=O)C(OC)C2. The van der Waals surface area contributed by atoms with Crippen LogP contribution in [-0.2, 0) is 17.6 Å². The minimum Gasteiger partial charge on any atom is -0.373 e. The number of carbonyl (C=O) groups is 1. The molecule has 0 saturated carbocycles. The number of fused-ring (bicyclic) bond motifs is 1. The lowest BCUT2D eigenvalue weighted by Crippen LogP contribution is -2.18. The second-order valence-corrected chi connectivity index (χ2v) is 4.24. The summed E-state index contributed by atoms with van der Waals surface area (Å²) in [6.07, 6.45) is 2.71. The summed E-state index contributed by atoms with van der Waals surface area (Å²) >= 11 is 6.23. The molecule has 0 spiro atoms. The zero-order chi connectivity index (χ0) is 11.7.